The topological polar surface area (TPSA) is 102 Å². The second-order valence-electron chi connectivity index (χ2n) is 8.73. The van der Waals surface area contributed by atoms with Crippen molar-refractivity contribution in [3.05, 3.63) is 62.8 Å². The van der Waals surface area contributed by atoms with E-state index in [0.29, 0.717) is 40.4 Å². The molecule has 4 atom stereocenters. The van der Waals surface area contributed by atoms with Crippen molar-refractivity contribution in [1.29, 1.82) is 5.26 Å². The molecule has 5 heterocycles. The monoisotopic (exact) mass is 503 g/mol. The molecule has 188 valence electrons. The molecule has 4 unspecified atom stereocenters. The highest BCUT2D eigenvalue weighted by Crippen LogP contribution is 2.40. The van der Waals surface area contributed by atoms with Gasteiger partial charge in [-0.1, -0.05) is 0 Å². The highest BCUT2D eigenvalue weighted by molar-refractivity contribution is 5.58. The molecule has 36 heavy (non-hydrogen) atoms. The van der Waals surface area contributed by atoms with E-state index in [4.69, 9.17) is 4.74 Å². The Labute approximate surface area is 202 Å². The second-order valence-corrected chi connectivity index (χ2v) is 8.73. The molecule has 1 fully saturated rings. The third kappa shape index (κ3) is 3.81. The van der Waals surface area contributed by atoms with E-state index in [2.05, 4.69) is 15.2 Å². The Kier molecular flexibility index (Phi) is 5.99. The van der Waals surface area contributed by atoms with Crippen LogP contribution in [0.25, 0.3) is 5.82 Å². The van der Waals surface area contributed by atoms with Crippen LogP contribution in [0.1, 0.15) is 34.3 Å². The molecule has 0 amide bonds. The van der Waals surface area contributed by atoms with E-state index in [9.17, 15) is 10.1 Å². The lowest BCUT2D eigenvalue weighted by Crippen LogP contribution is -2.61. The van der Waals surface area contributed by atoms with Crippen molar-refractivity contribution < 1.29 is 22.3 Å². The molecule has 0 aromatic carbocycles. The Hall–Kier alpha value is -3.79. The average Bonchev–Trinajstić information content (AvgIpc) is 3.21. The van der Waals surface area contributed by atoms with Crippen LogP contribution in [0.3, 0.4) is 0 Å². The minimum absolute atomic E-state index is 0.0539. The maximum atomic E-state index is 15.5. The molecule has 0 N–H and O–H groups in total. The third-order valence-electron chi connectivity index (χ3n) is 6.31. The quantitative estimate of drug-likeness (QED) is 0.400. The van der Waals surface area contributed by atoms with Crippen molar-refractivity contribution in [2.24, 2.45) is 0 Å². The summed E-state index contributed by atoms with van der Waals surface area (Å²) in [7, 11) is 0. The standard InChI is InChI=1S/C23H21F4N7O2/c1-11-7-12(2)33(30-11)16-3-4-17(35)34(31-16)20-18(24)21(26)32(22(27)19(20)25)23-13(9-28)8-14-10-36-6-5-15(14)29-23/h3-4,7-8,18-22H,5-6,10H2,1-2H3. The van der Waals surface area contributed by atoms with Crippen molar-refractivity contribution in [2.45, 2.75) is 57.9 Å². The summed E-state index contributed by atoms with van der Waals surface area (Å²) >= 11 is 0. The summed E-state index contributed by atoms with van der Waals surface area (Å²) in [4.78, 5) is 16.9. The number of hydrogen-bond donors (Lipinski definition) is 0. The molecule has 5 rings (SSSR count). The van der Waals surface area contributed by atoms with Crippen molar-refractivity contribution in [3.63, 3.8) is 0 Å². The van der Waals surface area contributed by atoms with Gasteiger partial charge in [-0.15, -0.1) is 5.10 Å². The summed E-state index contributed by atoms with van der Waals surface area (Å²) in [5.74, 6) is -0.447. The number of anilines is 1. The Morgan fingerprint density at radius 1 is 1.08 bits per heavy atom. The molecule has 3 aromatic heterocycles. The zero-order chi connectivity index (χ0) is 25.7. The van der Waals surface area contributed by atoms with Crippen LogP contribution in [0.2, 0.25) is 0 Å². The molecular formula is C23H21F4N7O2. The highest BCUT2D eigenvalue weighted by Gasteiger charge is 2.54. The number of ether oxygens (including phenoxy) is 1. The first-order valence-corrected chi connectivity index (χ1v) is 11.2. The van der Waals surface area contributed by atoms with E-state index in [0.717, 1.165) is 6.07 Å². The van der Waals surface area contributed by atoms with Crippen molar-refractivity contribution in [1.82, 2.24) is 24.5 Å². The van der Waals surface area contributed by atoms with Gasteiger partial charge in [-0.05, 0) is 32.0 Å². The smallest absolute Gasteiger partial charge is 0.267 e. The predicted molar refractivity (Wildman–Crippen MR) is 119 cm³/mol. The van der Waals surface area contributed by atoms with Crippen molar-refractivity contribution in [3.8, 4) is 11.9 Å². The molecule has 1 saturated heterocycles. The number of alkyl halides is 4. The number of piperidine rings is 1. The molecule has 0 bridgehead atoms. The Balaban J connectivity index is 1.55. The number of aryl methyl sites for hydroxylation is 2. The maximum Gasteiger partial charge on any atom is 0.267 e. The summed E-state index contributed by atoms with van der Waals surface area (Å²) in [6, 6.07) is 4.97. The fraction of sp³-hybridized carbons (Fsp3) is 0.435. The average molecular weight is 503 g/mol. The lowest BCUT2D eigenvalue weighted by molar-refractivity contribution is -0.0335. The van der Waals surface area contributed by atoms with E-state index in [1.54, 1.807) is 26.0 Å². The van der Waals surface area contributed by atoms with Gasteiger partial charge in [0.25, 0.3) is 5.56 Å². The number of aromatic nitrogens is 5. The summed E-state index contributed by atoms with van der Waals surface area (Å²) in [5, 5.41) is 17.7. The SMILES string of the molecule is Cc1cc(C)n(-c2ccc(=O)n(C3C(F)C(F)N(c4nc5c(cc4C#N)COCC5)C(F)C3F)n2)n1. The second kappa shape index (κ2) is 9.02. The molecule has 2 aliphatic rings. The molecule has 2 aliphatic heterocycles. The fourth-order valence-electron chi connectivity index (χ4n) is 4.60. The van der Waals surface area contributed by atoms with Crippen molar-refractivity contribution in [2.75, 3.05) is 11.5 Å². The summed E-state index contributed by atoms with van der Waals surface area (Å²) < 4.78 is 69.0. The highest BCUT2D eigenvalue weighted by atomic mass is 19.2. The first-order valence-electron chi connectivity index (χ1n) is 11.2. The molecular weight excluding hydrogens is 482 g/mol. The third-order valence-corrected chi connectivity index (χ3v) is 6.31. The largest absolute Gasteiger partial charge is 0.376 e. The molecule has 0 spiro atoms. The lowest BCUT2D eigenvalue weighted by Gasteiger charge is -2.43. The molecule has 0 aliphatic carbocycles. The van der Waals surface area contributed by atoms with Gasteiger partial charge in [0.15, 0.2) is 24.0 Å². The Morgan fingerprint density at radius 2 is 1.81 bits per heavy atom. The first-order chi connectivity index (χ1) is 17.2. The number of pyridine rings is 1. The summed E-state index contributed by atoms with van der Waals surface area (Å²) in [6.45, 7) is 3.91. The molecule has 3 aromatic rings. The van der Waals surface area contributed by atoms with Gasteiger partial charge in [-0.2, -0.15) is 10.4 Å². The van der Waals surface area contributed by atoms with Gasteiger partial charge in [-0.25, -0.2) is 31.9 Å². The van der Waals surface area contributed by atoms with E-state index < -0.39 is 42.4 Å². The number of nitrogens with zero attached hydrogens (tertiary/aromatic N) is 7. The van der Waals surface area contributed by atoms with Gasteiger partial charge in [0.1, 0.15) is 12.1 Å². The van der Waals surface area contributed by atoms with Gasteiger partial charge >= 0.3 is 0 Å². The summed E-state index contributed by atoms with van der Waals surface area (Å²) in [6.07, 6.45) is -10.6. The van der Waals surface area contributed by atoms with Crippen LogP contribution in [0.15, 0.2) is 29.1 Å². The number of halogens is 4. The van der Waals surface area contributed by atoms with Crippen LogP contribution in [-0.4, -0.2) is 56.1 Å². The zero-order valence-corrected chi connectivity index (χ0v) is 19.3. The van der Waals surface area contributed by atoms with Crippen LogP contribution >= 0.6 is 0 Å². The molecule has 9 nitrogen and oxygen atoms in total. The van der Waals surface area contributed by atoms with Crippen molar-refractivity contribution >= 4 is 5.82 Å². The van der Waals surface area contributed by atoms with Crippen LogP contribution < -0.4 is 10.5 Å². The lowest BCUT2D eigenvalue weighted by atomic mass is 9.97. The zero-order valence-electron chi connectivity index (χ0n) is 19.3. The minimum Gasteiger partial charge on any atom is -0.376 e. The summed E-state index contributed by atoms with van der Waals surface area (Å²) in [5.41, 5.74) is 1.08. The van der Waals surface area contributed by atoms with E-state index in [-0.39, 0.29) is 22.9 Å². The fourth-order valence-corrected chi connectivity index (χ4v) is 4.60. The first kappa shape index (κ1) is 23.9. The Morgan fingerprint density at radius 3 is 2.44 bits per heavy atom. The Bertz CT molecular complexity index is 1400. The van der Waals surface area contributed by atoms with Crippen LogP contribution in [0.5, 0.6) is 0 Å². The van der Waals surface area contributed by atoms with Gasteiger partial charge in [-0.3, -0.25) is 9.69 Å². The van der Waals surface area contributed by atoms with Crippen LogP contribution in [-0.2, 0) is 17.8 Å². The number of fused-ring (bicyclic) bond motifs is 1. The molecule has 0 saturated carbocycles. The number of rotatable bonds is 3. The van der Waals surface area contributed by atoms with Gasteiger partial charge < -0.3 is 4.74 Å². The van der Waals surface area contributed by atoms with Gasteiger partial charge in [0, 0.05) is 23.7 Å². The molecule has 0 radical (unpaired) electrons. The minimum atomic E-state index is -2.75. The maximum absolute atomic E-state index is 15.5. The molecule has 13 heteroatoms. The normalized spacial score (nSPS) is 25.9. The number of hydrogen-bond acceptors (Lipinski definition) is 7. The van der Waals surface area contributed by atoms with Crippen LogP contribution in [0.4, 0.5) is 23.4 Å². The van der Waals surface area contributed by atoms with Gasteiger partial charge in [0.2, 0.25) is 12.6 Å². The van der Waals surface area contributed by atoms with E-state index in [1.807, 2.05) is 0 Å². The van der Waals surface area contributed by atoms with E-state index in [1.165, 1.54) is 16.8 Å². The van der Waals surface area contributed by atoms with Gasteiger partial charge in [0.05, 0.1) is 30.2 Å². The van der Waals surface area contributed by atoms with Crippen LogP contribution in [0, 0.1) is 25.2 Å². The number of nitriles is 1. The van der Waals surface area contributed by atoms with E-state index >= 15 is 17.6 Å². The predicted octanol–water partition coefficient (Wildman–Crippen LogP) is 2.71.